The molecule has 2 amide bonds. The summed E-state index contributed by atoms with van der Waals surface area (Å²) in [5, 5.41) is 3.14. The molecule has 5 aromatic rings. The Hall–Kier alpha value is -5.05. The fourth-order valence-corrected chi connectivity index (χ4v) is 5.74. The number of nitrogens with zero attached hydrogens (tertiary/aromatic N) is 6. The Balaban J connectivity index is 1.00. The predicted molar refractivity (Wildman–Crippen MR) is 151 cm³/mol. The van der Waals surface area contributed by atoms with Gasteiger partial charge in [-0.15, -0.1) is 0 Å². The standard InChI is InChI=1S/C31H27N7O2/c39-29(22-8-6-7-21(15-22)27-20-36-14-5-4-11-28(36)34-27)37-16-23-18-38(19-24(23)17-37)30(40)26-12-13-32-31(35-26)33-25-9-2-1-3-10-25/h1-15,20,23-24H,16-19H2,(H,32,33,35). The van der Waals surface area contributed by atoms with Crippen LogP contribution in [0.15, 0.2) is 97.5 Å². The Morgan fingerprint density at radius 3 is 2.30 bits per heavy atom. The first-order valence-electron chi connectivity index (χ1n) is 13.4. The van der Waals surface area contributed by atoms with E-state index in [4.69, 9.17) is 4.98 Å². The van der Waals surface area contributed by atoms with Crippen molar-refractivity contribution >= 4 is 29.1 Å². The van der Waals surface area contributed by atoms with Gasteiger partial charge in [0.15, 0.2) is 0 Å². The minimum atomic E-state index is -0.106. The fourth-order valence-electron chi connectivity index (χ4n) is 5.74. The van der Waals surface area contributed by atoms with E-state index in [9.17, 15) is 9.59 Å². The first-order valence-corrected chi connectivity index (χ1v) is 13.4. The lowest BCUT2D eigenvalue weighted by molar-refractivity contribution is 0.0735. The number of hydrogen-bond acceptors (Lipinski definition) is 6. The monoisotopic (exact) mass is 529 g/mol. The summed E-state index contributed by atoms with van der Waals surface area (Å²) < 4.78 is 1.97. The van der Waals surface area contributed by atoms with Crippen LogP contribution in [0.2, 0.25) is 0 Å². The molecule has 0 saturated carbocycles. The van der Waals surface area contributed by atoms with Crippen LogP contribution in [-0.2, 0) is 0 Å². The van der Waals surface area contributed by atoms with Crippen molar-refractivity contribution in [1.82, 2.24) is 29.2 Å². The topological polar surface area (TPSA) is 95.7 Å². The quantitative estimate of drug-likeness (QED) is 0.363. The number of likely N-dealkylation sites (tertiary alicyclic amines) is 2. The molecule has 2 atom stereocenters. The third-order valence-electron chi connectivity index (χ3n) is 7.73. The van der Waals surface area contributed by atoms with E-state index in [1.54, 1.807) is 12.3 Å². The van der Waals surface area contributed by atoms with Gasteiger partial charge in [0.05, 0.1) is 5.69 Å². The van der Waals surface area contributed by atoms with Crippen LogP contribution < -0.4 is 5.32 Å². The number of nitrogens with one attached hydrogen (secondary N) is 1. The van der Waals surface area contributed by atoms with E-state index in [-0.39, 0.29) is 23.7 Å². The molecule has 5 heterocycles. The molecule has 2 fully saturated rings. The maximum atomic E-state index is 13.5. The lowest BCUT2D eigenvalue weighted by atomic mass is 10.0. The van der Waals surface area contributed by atoms with Gasteiger partial charge in [0.25, 0.3) is 11.8 Å². The highest BCUT2D eigenvalue weighted by Crippen LogP contribution is 2.33. The zero-order valence-corrected chi connectivity index (χ0v) is 21.7. The van der Waals surface area contributed by atoms with E-state index in [1.807, 2.05) is 99.4 Å². The van der Waals surface area contributed by atoms with Crippen molar-refractivity contribution < 1.29 is 9.59 Å². The molecule has 0 radical (unpaired) electrons. The molecule has 9 heteroatoms. The van der Waals surface area contributed by atoms with E-state index < -0.39 is 0 Å². The zero-order chi connectivity index (χ0) is 27.1. The van der Waals surface area contributed by atoms with Crippen molar-refractivity contribution in [3.8, 4) is 11.3 Å². The van der Waals surface area contributed by atoms with Gasteiger partial charge in [0.1, 0.15) is 11.3 Å². The zero-order valence-electron chi connectivity index (χ0n) is 21.7. The summed E-state index contributed by atoms with van der Waals surface area (Å²) in [5.74, 6) is 0.798. The molecule has 0 spiro atoms. The number of fused-ring (bicyclic) bond motifs is 2. The highest BCUT2D eigenvalue weighted by atomic mass is 16.2. The number of pyridine rings is 1. The Kier molecular flexibility index (Phi) is 5.96. The van der Waals surface area contributed by atoms with Crippen molar-refractivity contribution in [3.63, 3.8) is 0 Å². The van der Waals surface area contributed by atoms with Crippen LogP contribution >= 0.6 is 0 Å². The molecule has 2 aliphatic rings. The average molecular weight is 530 g/mol. The van der Waals surface area contributed by atoms with Crippen LogP contribution in [0, 0.1) is 11.8 Å². The maximum absolute atomic E-state index is 13.5. The molecule has 0 aliphatic carbocycles. The summed E-state index contributed by atoms with van der Waals surface area (Å²) in [6.07, 6.45) is 5.54. The van der Waals surface area contributed by atoms with E-state index in [2.05, 4.69) is 15.3 Å². The van der Waals surface area contributed by atoms with Gasteiger partial charge in [0, 0.05) is 73.4 Å². The molecule has 1 N–H and O–H groups in total. The third kappa shape index (κ3) is 4.55. The summed E-state index contributed by atoms with van der Waals surface area (Å²) in [4.78, 5) is 43.9. The Labute approximate surface area is 231 Å². The lowest BCUT2D eigenvalue weighted by Crippen LogP contribution is -2.36. The van der Waals surface area contributed by atoms with Gasteiger partial charge in [-0.25, -0.2) is 15.0 Å². The van der Waals surface area contributed by atoms with Crippen LogP contribution in [-0.4, -0.2) is 67.1 Å². The minimum Gasteiger partial charge on any atom is -0.338 e. The number of imidazole rings is 1. The molecule has 9 nitrogen and oxygen atoms in total. The summed E-state index contributed by atoms with van der Waals surface area (Å²) in [6, 6.07) is 24.8. The Morgan fingerprint density at radius 2 is 1.52 bits per heavy atom. The highest BCUT2D eigenvalue weighted by molar-refractivity contribution is 5.96. The van der Waals surface area contributed by atoms with Crippen LogP contribution in [0.4, 0.5) is 11.6 Å². The molecule has 0 bridgehead atoms. The summed E-state index contributed by atoms with van der Waals surface area (Å²) >= 11 is 0. The van der Waals surface area contributed by atoms with E-state index >= 15 is 0 Å². The first-order chi connectivity index (χ1) is 19.6. The molecular formula is C31H27N7O2. The van der Waals surface area contributed by atoms with Gasteiger partial charge in [-0.2, -0.15) is 0 Å². The number of amides is 2. The summed E-state index contributed by atoms with van der Waals surface area (Å²) in [6.45, 7) is 2.49. The van der Waals surface area contributed by atoms with Crippen molar-refractivity contribution in [2.75, 3.05) is 31.5 Å². The number of hydrogen-bond donors (Lipinski definition) is 1. The second kappa shape index (κ2) is 9.92. The molecule has 40 heavy (non-hydrogen) atoms. The lowest BCUT2D eigenvalue weighted by Gasteiger charge is -2.22. The normalized spacial score (nSPS) is 18.2. The summed E-state index contributed by atoms with van der Waals surface area (Å²) in [7, 11) is 0. The second-order valence-electron chi connectivity index (χ2n) is 10.4. The fraction of sp³-hybridized carbons (Fsp3) is 0.194. The molecule has 2 unspecified atom stereocenters. The molecule has 198 valence electrons. The second-order valence-corrected chi connectivity index (χ2v) is 10.4. The van der Waals surface area contributed by atoms with Gasteiger partial charge >= 0.3 is 0 Å². The number of aromatic nitrogens is 4. The average Bonchev–Trinajstić information content (AvgIpc) is 3.71. The SMILES string of the molecule is O=C(c1cccc(-c2cn3ccccc3n2)c1)N1CC2CN(C(=O)c3ccnc(Nc4ccccc4)n3)CC2C1. The minimum absolute atomic E-state index is 0.0188. The largest absolute Gasteiger partial charge is 0.338 e. The number of benzene rings is 2. The molecular weight excluding hydrogens is 502 g/mol. The van der Waals surface area contributed by atoms with Crippen molar-refractivity contribution in [2.45, 2.75) is 0 Å². The maximum Gasteiger partial charge on any atom is 0.272 e. The molecule has 2 saturated heterocycles. The van der Waals surface area contributed by atoms with Gasteiger partial charge in [-0.1, -0.05) is 36.4 Å². The first kappa shape index (κ1) is 24.0. The van der Waals surface area contributed by atoms with Crippen LogP contribution in [0.5, 0.6) is 0 Å². The van der Waals surface area contributed by atoms with E-state index in [0.717, 1.165) is 22.6 Å². The number of rotatable bonds is 5. The molecule has 7 rings (SSSR count). The number of para-hydroxylation sites is 1. The highest BCUT2D eigenvalue weighted by Gasteiger charge is 2.43. The van der Waals surface area contributed by atoms with Crippen molar-refractivity contribution in [2.24, 2.45) is 11.8 Å². The van der Waals surface area contributed by atoms with E-state index in [1.165, 1.54) is 0 Å². The van der Waals surface area contributed by atoms with Gasteiger partial charge < -0.3 is 19.5 Å². The van der Waals surface area contributed by atoms with Crippen molar-refractivity contribution in [3.05, 3.63) is 109 Å². The predicted octanol–water partition coefficient (Wildman–Crippen LogP) is 4.38. The molecule has 2 aliphatic heterocycles. The molecule has 2 aromatic carbocycles. The van der Waals surface area contributed by atoms with Crippen LogP contribution in [0.3, 0.4) is 0 Å². The van der Waals surface area contributed by atoms with Crippen LogP contribution in [0.25, 0.3) is 16.9 Å². The van der Waals surface area contributed by atoms with Crippen molar-refractivity contribution in [1.29, 1.82) is 0 Å². The molecule has 3 aromatic heterocycles. The number of anilines is 2. The van der Waals surface area contributed by atoms with Gasteiger partial charge in [0.2, 0.25) is 5.95 Å². The third-order valence-corrected chi connectivity index (χ3v) is 7.73. The number of carbonyl (C=O) groups is 2. The Bertz CT molecular complexity index is 1670. The Morgan fingerprint density at radius 1 is 0.775 bits per heavy atom. The smallest absolute Gasteiger partial charge is 0.272 e. The van der Waals surface area contributed by atoms with E-state index in [0.29, 0.717) is 43.4 Å². The number of carbonyl (C=O) groups excluding carboxylic acids is 2. The van der Waals surface area contributed by atoms with Gasteiger partial charge in [-0.05, 0) is 42.5 Å². The summed E-state index contributed by atoms with van der Waals surface area (Å²) in [5.41, 5.74) is 4.49. The van der Waals surface area contributed by atoms with Gasteiger partial charge in [-0.3, -0.25) is 9.59 Å². The van der Waals surface area contributed by atoms with Crippen LogP contribution in [0.1, 0.15) is 20.8 Å².